The lowest BCUT2D eigenvalue weighted by Crippen LogP contribution is -2.54. The Morgan fingerprint density at radius 3 is 2.44 bits per heavy atom. The summed E-state index contributed by atoms with van der Waals surface area (Å²) in [6.07, 6.45) is 8.93. The maximum Gasteiger partial charge on any atom is 0.0746 e. The van der Waals surface area contributed by atoms with Crippen LogP contribution in [0.4, 0.5) is 0 Å². The summed E-state index contributed by atoms with van der Waals surface area (Å²) in [4.78, 5) is 2.58. The maximum absolute atomic E-state index is 10.6. The molecule has 0 aromatic heterocycles. The molecule has 1 heterocycles. The number of piperidine rings is 1. The molecule has 0 amide bonds. The zero-order chi connectivity index (χ0) is 13.2. The van der Waals surface area contributed by atoms with E-state index < -0.39 is 0 Å². The zero-order valence-corrected chi connectivity index (χ0v) is 12.5. The van der Waals surface area contributed by atoms with Crippen molar-refractivity contribution in [1.29, 1.82) is 0 Å². The molecule has 0 radical (unpaired) electrons. The molecule has 0 bridgehead atoms. The van der Waals surface area contributed by atoms with Gasteiger partial charge in [-0.1, -0.05) is 40.0 Å². The molecule has 1 N–H and O–H groups in total. The van der Waals surface area contributed by atoms with Gasteiger partial charge in [0.25, 0.3) is 0 Å². The molecule has 2 heteroatoms. The molecule has 2 nitrogen and oxygen atoms in total. The van der Waals surface area contributed by atoms with E-state index in [9.17, 15) is 5.11 Å². The summed E-state index contributed by atoms with van der Waals surface area (Å²) in [5.41, 5.74) is 0.114. The number of likely N-dealkylation sites (tertiary alicyclic amines) is 1. The third-order valence-corrected chi connectivity index (χ3v) is 5.30. The summed E-state index contributed by atoms with van der Waals surface area (Å²) in [6.45, 7) is 9.17. The Hall–Kier alpha value is -0.0800. The van der Waals surface area contributed by atoms with Gasteiger partial charge < -0.3 is 5.11 Å². The molecule has 2 aliphatic rings. The van der Waals surface area contributed by atoms with E-state index in [0.717, 1.165) is 5.92 Å². The van der Waals surface area contributed by atoms with E-state index in [1.165, 1.54) is 58.0 Å². The Balaban J connectivity index is 1.89. The van der Waals surface area contributed by atoms with Crippen LogP contribution in [0, 0.1) is 11.3 Å². The van der Waals surface area contributed by atoms with Crippen LogP contribution in [0.25, 0.3) is 0 Å². The highest BCUT2D eigenvalue weighted by atomic mass is 16.3. The summed E-state index contributed by atoms with van der Waals surface area (Å²) in [7, 11) is 0. The van der Waals surface area contributed by atoms with Gasteiger partial charge in [-0.2, -0.15) is 0 Å². The van der Waals surface area contributed by atoms with Crippen LogP contribution in [-0.4, -0.2) is 35.2 Å². The van der Waals surface area contributed by atoms with E-state index in [4.69, 9.17) is 0 Å². The molecule has 1 saturated heterocycles. The van der Waals surface area contributed by atoms with Crippen LogP contribution < -0.4 is 0 Å². The second kappa shape index (κ2) is 5.92. The van der Waals surface area contributed by atoms with Gasteiger partial charge in [0.2, 0.25) is 0 Å². The van der Waals surface area contributed by atoms with Gasteiger partial charge in [0.1, 0.15) is 0 Å². The monoisotopic (exact) mass is 253 g/mol. The minimum absolute atomic E-state index is 0.114. The largest absolute Gasteiger partial charge is 0.391 e. The molecule has 1 aliphatic heterocycles. The van der Waals surface area contributed by atoms with Gasteiger partial charge in [-0.3, -0.25) is 4.90 Å². The van der Waals surface area contributed by atoms with E-state index >= 15 is 0 Å². The zero-order valence-electron chi connectivity index (χ0n) is 12.5. The highest BCUT2D eigenvalue weighted by Crippen LogP contribution is 2.38. The fraction of sp³-hybridized carbons (Fsp3) is 1.00. The normalized spacial score (nSPS) is 34.7. The van der Waals surface area contributed by atoms with Crippen LogP contribution in [0.15, 0.2) is 0 Å². The van der Waals surface area contributed by atoms with E-state index in [1.807, 2.05) is 0 Å². The molecule has 1 saturated carbocycles. The molecule has 2 unspecified atom stereocenters. The molecule has 1 aliphatic carbocycles. The molecular weight excluding hydrogens is 222 g/mol. The predicted molar refractivity (Wildman–Crippen MR) is 76.6 cm³/mol. The number of nitrogens with zero attached hydrogens (tertiary/aromatic N) is 1. The molecule has 18 heavy (non-hydrogen) atoms. The van der Waals surface area contributed by atoms with Crippen molar-refractivity contribution in [1.82, 2.24) is 4.90 Å². The number of hydrogen-bond donors (Lipinski definition) is 1. The second-order valence-corrected chi connectivity index (χ2v) is 7.16. The molecule has 0 spiro atoms. The summed E-state index contributed by atoms with van der Waals surface area (Å²) in [6, 6.07) is 0.427. The van der Waals surface area contributed by atoms with E-state index in [1.54, 1.807) is 0 Å². The van der Waals surface area contributed by atoms with E-state index in [-0.39, 0.29) is 11.5 Å². The fourth-order valence-corrected chi connectivity index (χ4v) is 3.96. The van der Waals surface area contributed by atoms with Crippen molar-refractivity contribution in [2.24, 2.45) is 11.3 Å². The second-order valence-electron chi connectivity index (χ2n) is 7.16. The van der Waals surface area contributed by atoms with Crippen LogP contribution in [-0.2, 0) is 0 Å². The molecule has 2 rings (SSSR count). The van der Waals surface area contributed by atoms with Crippen molar-refractivity contribution < 1.29 is 5.11 Å². The Morgan fingerprint density at radius 2 is 1.83 bits per heavy atom. The Morgan fingerprint density at radius 1 is 1.17 bits per heavy atom. The third kappa shape index (κ3) is 3.08. The lowest BCUT2D eigenvalue weighted by atomic mass is 9.71. The summed E-state index contributed by atoms with van der Waals surface area (Å²) in [5.74, 6) is 0.944. The lowest BCUT2D eigenvalue weighted by Gasteiger charge is -2.47. The van der Waals surface area contributed by atoms with Gasteiger partial charge in [-0.25, -0.2) is 0 Å². The van der Waals surface area contributed by atoms with Crippen LogP contribution in [0.5, 0.6) is 0 Å². The minimum Gasteiger partial charge on any atom is -0.391 e. The minimum atomic E-state index is -0.131. The first-order valence-corrected chi connectivity index (χ1v) is 7.96. The quantitative estimate of drug-likeness (QED) is 0.833. The van der Waals surface area contributed by atoms with Gasteiger partial charge >= 0.3 is 0 Å². The Labute approximate surface area is 113 Å². The van der Waals surface area contributed by atoms with Crippen molar-refractivity contribution in [3.05, 3.63) is 0 Å². The summed E-state index contributed by atoms with van der Waals surface area (Å²) in [5, 5.41) is 10.6. The van der Waals surface area contributed by atoms with Crippen molar-refractivity contribution in [3.63, 3.8) is 0 Å². The van der Waals surface area contributed by atoms with Crippen molar-refractivity contribution in [2.45, 2.75) is 77.9 Å². The number of aliphatic hydroxyl groups excluding tert-OH is 1. The predicted octanol–water partition coefficient (Wildman–Crippen LogP) is 3.44. The summed E-state index contributed by atoms with van der Waals surface area (Å²) < 4.78 is 0. The molecule has 2 fully saturated rings. The van der Waals surface area contributed by atoms with Crippen LogP contribution >= 0.6 is 0 Å². The van der Waals surface area contributed by atoms with Gasteiger partial charge in [0, 0.05) is 6.04 Å². The van der Waals surface area contributed by atoms with E-state index in [0.29, 0.717) is 6.04 Å². The van der Waals surface area contributed by atoms with Crippen LogP contribution in [0.2, 0.25) is 0 Å². The van der Waals surface area contributed by atoms with E-state index in [2.05, 4.69) is 25.7 Å². The molecule has 2 atom stereocenters. The first-order chi connectivity index (χ1) is 8.54. The fourth-order valence-electron chi connectivity index (χ4n) is 3.96. The average molecular weight is 253 g/mol. The summed E-state index contributed by atoms with van der Waals surface area (Å²) >= 11 is 0. The average Bonchev–Trinajstić information content (AvgIpc) is 2.34. The Bertz CT molecular complexity index is 256. The van der Waals surface area contributed by atoms with Crippen LogP contribution in [0.3, 0.4) is 0 Å². The van der Waals surface area contributed by atoms with Crippen molar-refractivity contribution >= 4 is 0 Å². The first-order valence-electron chi connectivity index (χ1n) is 7.96. The topological polar surface area (TPSA) is 23.5 Å². The van der Waals surface area contributed by atoms with Gasteiger partial charge in [0.15, 0.2) is 0 Å². The molecule has 106 valence electrons. The van der Waals surface area contributed by atoms with Crippen molar-refractivity contribution in [2.75, 3.05) is 13.1 Å². The van der Waals surface area contributed by atoms with Gasteiger partial charge in [0.05, 0.1) is 6.10 Å². The van der Waals surface area contributed by atoms with Gasteiger partial charge in [-0.05, 0) is 50.1 Å². The lowest BCUT2D eigenvalue weighted by molar-refractivity contribution is -0.0650. The third-order valence-electron chi connectivity index (χ3n) is 5.30. The maximum atomic E-state index is 10.6. The SMILES string of the molecule is CCCC1CCN(C2CCCC(C)(C)C2O)CC1. The highest BCUT2D eigenvalue weighted by molar-refractivity contribution is 4.94. The molecule has 0 aromatic carbocycles. The first kappa shape index (κ1) is 14.3. The van der Waals surface area contributed by atoms with Gasteiger partial charge in [-0.15, -0.1) is 0 Å². The standard InChI is InChI=1S/C16H31NO/c1-4-6-13-8-11-17(12-9-13)14-7-5-10-16(2,3)15(14)18/h13-15,18H,4-12H2,1-3H3. The Kier molecular flexibility index (Phi) is 4.71. The number of aliphatic hydroxyl groups is 1. The highest BCUT2D eigenvalue weighted by Gasteiger charge is 2.40. The van der Waals surface area contributed by atoms with Crippen molar-refractivity contribution in [3.8, 4) is 0 Å². The number of rotatable bonds is 3. The van der Waals surface area contributed by atoms with Crippen LogP contribution in [0.1, 0.15) is 65.7 Å². The molecular formula is C16H31NO. The molecule has 0 aromatic rings. The number of hydrogen-bond acceptors (Lipinski definition) is 2. The smallest absolute Gasteiger partial charge is 0.0746 e.